The molecular weight excluding hydrogens is 501 g/mol. The summed E-state index contributed by atoms with van der Waals surface area (Å²) in [5.41, 5.74) is 2.19. The van der Waals surface area contributed by atoms with E-state index in [2.05, 4.69) is 53.4 Å². The van der Waals surface area contributed by atoms with Crippen molar-refractivity contribution in [1.29, 1.82) is 0 Å². The minimum absolute atomic E-state index is 0.0852. The van der Waals surface area contributed by atoms with E-state index in [1.54, 1.807) is 23.2 Å². The molecule has 0 spiro atoms. The topological polar surface area (TPSA) is 58.6 Å². The highest BCUT2D eigenvalue weighted by atomic mass is 32.1. The van der Waals surface area contributed by atoms with E-state index in [0.717, 1.165) is 48.3 Å². The Labute approximate surface area is 219 Å². The maximum Gasteiger partial charge on any atom is 0.418 e. The molecule has 1 fully saturated rings. The second-order valence-corrected chi connectivity index (χ2v) is 9.75. The molecule has 1 aromatic carbocycles. The summed E-state index contributed by atoms with van der Waals surface area (Å²) in [6.45, 7) is 8.94. The molecule has 3 aromatic rings. The summed E-state index contributed by atoms with van der Waals surface area (Å²) < 4.78 is 44.6. The number of carbonyl (C=O) groups excluding carboxylic acids is 1. The summed E-state index contributed by atoms with van der Waals surface area (Å²) >= 11 is 1.63. The van der Waals surface area contributed by atoms with Crippen LogP contribution in [0.25, 0.3) is 11.3 Å². The minimum Gasteiger partial charge on any atom is -0.491 e. The first kappa shape index (κ1) is 26.9. The van der Waals surface area contributed by atoms with Crippen LogP contribution in [0.1, 0.15) is 60.6 Å². The van der Waals surface area contributed by atoms with Gasteiger partial charge in [-0.1, -0.05) is 12.1 Å². The third-order valence-electron chi connectivity index (χ3n) is 6.63. The van der Waals surface area contributed by atoms with Crippen molar-refractivity contribution in [2.24, 2.45) is 0 Å². The number of thiazole rings is 1. The van der Waals surface area contributed by atoms with Crippen LogP contribution in [0.2, 0.25) is 0 Å². The lowest BCUT2D eigenvalue weighted by molar-refractivity contribution is -0.138. The fraction of sp³-hybridized carbons (Fsp3) is 0.444. The second kappa shape index (κ2) is 11.5. The van der Waals surface area contributed by atoms with E-state index in [4.69, 9.17) is 9.72 Å². The quantitative estimate of drug-likeness (QED) is 0.332. The highest BCUT2D eigenvalue weighted by molar-refractivity contribution is 7.10. The molecule has 2 aromatic heterocycles. The van der Waals surface area contributed by atoms with Gasteiger partial charge in [0.1, 0.15) is 0 Å². The van der Waals surface area contributed by atoms with Crippen LogP contribution in [0.4, 0.5) is 18.9 Å². The molecule has 0 atom stereocenters. The SMILES string of the molecule is CCOc1cc(C(F)(F)F)cnc1C(=O)N1CCC(c2nc(-c3ccc(N(CC)CC)cc3)cs2)CC1. The number of benzene rings is 1. The Morgan fingerprint density at radius 2 is 1.81 bits per heavy atom. The fourth-order valence-corrected chi connectivity index (χ4v) is 5.54. The van der Waals surface area contributed by atoms with Gasteiger partial charge in [0.05, 0.1) is 22.9 Å². The van der Waals surface area contributed by atoms with Gasteiger partial charge < -0.3 is 14.5 Å². The fourth-order valence-electron chi connectivity index (χ4n) is 4.54. The van der Waals surface area contributed by atoms with E-state index >= 15 is 0 Å². The molecule has 1 saturated heterocycles. The number of nitrogens with zero attached hydrogens (tertiary/aromatic N) is 4. The molecule has 198 valence electrons. The standard InChI is InChI=1S/C27H31F3N4O2S/c1-4-33(5-2)21-9-7-18(8-10-21)22-17-37-25(32-22)19-11-13-34(14-12-19)26(35)24-23(36-6-3)15-20(16-31-24)27(28,29)30/h7-10,15-17,19H,4-6,11-14H2,1-3H3. The maximum absolute atomic E-state index is 13.1. The van der Waals surface area contributed by atoms with Crippen molar-refractivity contribution < 1.29 is 22.7 Å². The molecule has 6 nitrogen and oxygen atoms in total. The molecule has 0 saturated carbocycles. The van der Waals surface area contributed by atoms with E-state index in [1.807, 2.05) is 0 Å². The molecule has 0 radical (unpaired) electrons. The largest absolute Gasteiger partial charge is 0.491 e. The number of piperidine rings is 1. The minimum atomic E-state index is -4.56. The number of carbonyl (C=O) groups is 1. The Morgan fingerprint density at radius 1 is 1.14 bits per heavy atom. The molecule has 0 bridgehead atoms. The van der Waals surface area contributed by atoms with Crippen LogP contribution >= 0.6 is 11.3 Å². The molecule has 0 N–H and O–H groups in total. The van der Waals surface area contributed by atoms with Gasteiger partial charge in [-0.05, 0) is 51.8 Å². The summed E-state index contributed by atoms with van der Waals surface area (Å²) in [6.07, 6.45) is -2.42. The van der Waals surface area contributed by atoms with Crippen molar-refractivity contribution in [3.8, 4) is 17.0 Å². The van der Waals surface area contributed by atoms with E-state index in [-0.39, 0.29) is 24.0 Å². The molecule has 1 amide bonds. The molecule has 0 unspecified atom stereocenters. The van der Waals surface area contributed by atoms with Crippen LogP contribution in [0.15, 0.2) is 41.9 Å². The third-order valence-corrected chi connectivity index (χ3v) is 7.63. The average molecular weight is 533 g/mol. The van der Waals surface area contributed by atoms with Gasteiger partial charge in [0.25, 0.3) is 5.91 Å². The van der Waals surface area contributed by atoms with Gasteiger partial charge in [-0.25, -0.2) is 9.97 Å². The van der Waals surface area contributed by atoms with Crippen molar-refractivity contribution in [2.45, 2.75) is 45.7 Å². The molecule has 1 aliphatic heterocycles. The van der Waals surface area contributed by atoms with Crippen LogP contribution in [0, 0.1) is 0 Å². The number of ether oxygens (including phenoxy) is 1. The van der Waals surface area contributed by atoms with Crippen LogP contribution in [-0.2, 0) is 6.18 Å². The lowest BCUT2D eigenvalue weighted by Crippen LogP contribution is -2.38. The lowest BCUT2D eigenvalue weighted by Gasteiger charge is -2.31. The third kappa shape index (κ3) is 6.06. The molecule has 0 aliphatic carbocycles. The normalized spacial score (nSPS) is 14.6. The number of amides is 1. The van der Waals surface area contributed by atoms with E-state index < -0.39 is 17.6 Å². The number of rotatable bonds is 8. The Kier molecular flexibility index (Phi) is 8.36. The summed E-state index contributed by atoms with van der Waals surface area (Å²) in [5, 5.41) is 3.11. The Hall–Kier alpha value is -3.14. The number of likely N-dealkylation sites (tertiary alicyclic amines) is 1. The summed E-state index contributed by atoms with van der Waals surface area (Å²) in [6, 6.07) is 9.29. The molecule has 1 aliphatic rings. The van der Waals surface area contributed by atoms with Crippen molar-refractivity contribution in [3.63, 3.8) is 0 Å². The second-order valence-electron chi connectivity index (χ2n) is 8.86. The maximum atomic E-state index is 13.1. The Balaban J connectivity index is 1.41. The first-order valence-corrected chi connectivity index (χ1v) is 13.4. The van der Waals surface area contributed by atoms with Gasteiger partial charge in [0, 0.05) is 54.9 Å². The van der Waals surface area contributed by atoms with Crippen molar-refractivity contribution in [1.82, 2.24) is 14.9 Å². The van der Waals surface area contributed by atoms with Crippen molar-refractivity contribution >= 4 is 22.9 Å². The molecule has 37 heavy (non-hydrogen) atoms. The van der Waals surface area contributed by atoms with Crippen LogP contribution < -0.4 is 9.64 Å². The van der Waals surface area contributed by atoms with Crippen LogP contribution in [0.3, 0.4) is 0 Å². The van der Waals surface area contributed by atoms with E-state index in [0.29, 0.717) is 19.3 Å². The summed E-state index contributed by atoms with van der Waals surface area (Å²) in [7, 11) is 0. The van der Waals surface area contributed by atoms with Gasteiger partial charge >= 0.3 is 6.18 Å². The molecular formula is C27H31F3N4O2S. The lowest BCUT2D eigenvalue weighted by atomic mass is 9.97. The number of halogens is 3. The number of anilines is 1. The zero-order valence-electron chi connectivity index (χ0n) is 21.2. The molecule has 10 heteroatoms. The molecule has 3 heterocycles. The number of aromatic nitrogens is 2. The van der Waals surface area contributed by atoms with Gasteiger partial charge in [-0.15, -0.1) is 11.3 Å². The van der Waals surface area contributed by atoms with Crippen molar-refractivity contribution in [2.75, 3.05) is 37.7 Å². The van der Waals surface area contributed by atoms with E-state index in [9.17, 15) is 18.0 Å². The number of hydrogen-bond acceptors (Lipinski definition) is 6. The number of hydrogen-bond donors (Lipinski definition) is 0. The number of pyridine rings is 1. The summed E-state index contributed by atoms with van der Waals surface area (Å²) in [5.74, 6) is -0.325. The average Bonchev–Trinajstić information content (AvgIpc) is 3.40. The van der Waals surface area contributed by atoms with Crippen molar-refractivity contribution in [3.05, 3.63) is 58.2 Å². The Morgan fingerprint density at radius 3 is 2.41 bits per heavy atom. The van der Waals surface area contributed by atoms with Crippen LogP contribution in [0.5, 0.6) is 5.75 Å². The van der Waals surface area contributed by atoms with Gasteiger partial charge in [0.15, 0.2) is 11.4 Å². The highest BCUT2D eigenvalue weighted by Crippen LogP contribution is 2.35. The van der Waals surface area contributed by atoms with Crippen LogP contribution in [-0.4, -0.2) is 53.6 Å². The number of alkyl halides is 3. The summed E-state index contributed by atoms with van der Waals surface area (Å²) in [4.78, 5) is 25.7. The zero-order chi connectivity index (χ0) is 26.6. The van der Waals surface area contributed by atoms with Gasteiger partial charge in [-0.3, -0.25) is 4.79 Å². The Bertz CT molecular complexity index is 1200. The zero-order valence-corrected chi connectivity index (χ0v) is 22.0. The first-order chi connectivity index (χ1) is 17.7. The monoisotopic (exact) mass is 532 g/mol. The smallest absolute Gasteiger partial charge is 0.418 e. The predicted octanol–water partition coefficient (Wildman–Crippen LogP) is 6.49. The highest BCUT2D eigenvalue weighted by Gasteiger charge is 2.34. The van der Waals surface area contributed by atoms with Gasteiger partial charge in [-0.2, -0.15) is 13.2 Å². The predicted molar refractivity (Wildman–Crippen MR) is 139 cm³/mol. The first-order valence-electron chi connectivity index (χ1n) is 12.5. The van der Waals surface area contributed by atoms with E-state index in [1.165, 1.54) is 5.69 Å². The molecule has 4 rings (SSSR count). The van der Waals surface area contributed by atoms with Gasteiger partial charge in [0.2, 0.25) is 0 Å².